The molecule has 0 radical (unpaired) electrons. The minimum atomic E-state index is -0.956. The number of fused-ring (bicyclic) bond motifs is 1. The van der Waals surface area contributed by atoms with Crippen LogP contribution in [0.4, 0.5) is 9.18 Å². The SMILES string of the molecule is CC1(Cc2nnc(Cc3nc4ccc(-c5ccc(F)nc5)cc4s3)o2)SC(=O)NC1=O. The number of imide groups is 1. The molecule has 156 valence electrons. The Balaban J connectivity index is 1.33. The first-order valence-corrected chi connectivity index (χ1v) is 10.9. The van der Waals surface area contributed by atoms with Crippen molar-refractivity contribution >= 4 is 44.5 Å². The second kappa shape index (κ2) is 7.50. The number of carbonyl (C=O) groups excluding carboxylic acids is 2. The van der Waals surface area contributed by atoms with Crippen LogP contribution < -0.4 is 5.32 Å². The van der Waals surface area contributed by atoms with Gasteiger partial charge in [-0.2, -0.15) is 4.39 Å². The summed E-state index contributed by atoms with van der Waals surface area (Å²) in [7, 11) is 0. The predicted octanol–water partition coefficient (Wildman–Crippen LogP) is 3.76. The molecule has 2 amide bonds. The number of thiazole rings is 1. The summed E-state index contributed by atoms with van der Waals surface area (Å²) in [6.07, 6.45) is 2.02. The Bertz CT molecular complexity index is 1320. The van der Waals surface area contributed by atoms with Gasteiger partial charge in [0.15, 0.2) is 0 Å². The van der Waals surface area contributed by atoms with Gasteiger partial charge in [-0.15, -0.1) is 21.5 Å². The number of halogens is 1. The van der Waals surface area contributed by atoms with E-state index >= 15 is 0 Å². The topological polar surface area (TPSA) is 111 Å². The van der Waals surface area contributed by atoms with Crippen LogP contribution in [-0.2, 0) is 17.6 Å². The highest BCUT2D eigenvalue weighted by atomic mass is 32.2. The molecule has 0 spiro atoms. The van der Waals surface area contributed by atoms with E-state index in [0.717, 1.165) is 38.1 Å². The maximum Gasteiger partial charge on any atom is 0.286 e. The van der Waals surface area contributed by atoms with Gasteiger partial charge in [-0.25, -0.2) is 9.97 Å². The minimum absolute atomic E-state index is 0.164. The van der Waals surface area contributed by atoms with Crippen molar-refractivity contribution in [3.05, 3.63) is 59.3 Å². The second-order valence-corrected chi connectivity index (χ2v) is 9.77. The molecule has 0 aliphatic carbocycles. The van der Waals surface area contributed by atoms with Gasteiger partial charge >= 0.3 is 0 Å². The van der Waals surface area contributed by atoms with E-state index in [1.807, 2.05) is 18.2 Å². The van der Waals surface area contributed by atoms with E-state index in [1.54, 1.807) is 13.0 Å². The number of nitrogens with one attached hydrogen (secondary N) is 1. The van der Waals surface area contributed by atoms with Crippen molar-refractivity contribution in [2.24, 2.45) is 0 Å². The van der Waals surface area contributed by atoms with Gasteiger partial charge in [-0.3, -0.25) is 14.9 Å². The highest BCUT2D eigenvalue weighted by Crippen LogP contribution is 2.34. The number of benzene rings is 1. The number of carbonyl (C=O) groups is 2. The van der Waals surface area contributed by atoms with Crippen LogP contribution in [-0.4, -0.2) is 36.1 Å². The van der Waals surface area contributed by atoms with Crippen molar-refractivity contribution in [1.29, 1.82) is 0 Å². The van der Waals surface area contributed by atoms with E-state index in [2.05, 4.69) is 25.5 Å². The molecule has 1 aliphatic rings. The lowest BCUT2D eigenvalue weighted by Crippen LogP contribution is -2.35. The van der Waals surface area contributed by atoms with Crippen molar-refractivity contribution in [2.45, 2.75) is 24.5 Å². The first-order valence-electron chi connectivity index (χ1n) is 9.25. The van der Waals surface area contributed by atoms with Crippen molar-refractivity contribution in [1.82, 2.24) is 25.5 Å². The molecule has 8 nitrogen and oxygen atoms in total. The number of thioether (sulfide) groups is 1. The van der Waals surface area contributed by atoms with Gasteiger partial charge in [-0.05, 0) is 48.5 Å². The van der Waals surface area contributed by atoms with Crippen molar-refractivity contribution in [3.63, 3.8) is 0 Å². The van der Waals surface area contributed by atoms with E-state index in [-0.39, 0.29) is 17.6 Å². The molecule has 11 heteroatoms. The number of amides is 2. The molecule has 1 N–H and O–H groups in total. The van der Waals surface area contributed by atoms with Crippen molar-refractivity contribution in [2.75, 3.05) is 0 Å². The van der Waals surface area contributed by atoms with Crippen molar-refractivity contribution < 1.29 is 18.4 Å². The van der Waals surface area contributed by atoms with Gasteiger partial charge in [0, 0.05) is 18.2 Å². The predicted molar refractivity (Wildman–Crippen MR) is 113 cm³/mol. The smallest absolute Gasteiger partial charge is 0.286 e. The summed E-state index contributed by atoms with van der Waals surface area (Å²) < 4.78 is 18.8. The van der Waals surface area contributed by atoms with Crippen LogP contribution in [0.5, 0.6) is 0 Å². The lowest BCUT2D eigenvalue weighted by Gasteiger charge is -2.14. The van der Waals surface area contributed by atoms with Crippen LogP contribution in [0.25, 0.3) is 21.3 Å². The zero-order valence-electron chi connectivity index (χ0n) is 16.1. The Kier molecular flexibility index (Phi) is 4.78. The molecule has 5 rings (SSSR count). The standard InChI is InChI=1S/C20H14FN5O3S2/c1-20(18(27)24-19(28)31-20)8-16-26-25-15(29-16)7-17-23-12-4-2-10(6-13(12)30-17)11-3-5-14(21)22-9-11/h2-6,9H,7-8H2,1H3,(H,24,27,28). The highest BCUT2D eigenvalue weighted by molar-refractivity contribution is 8.16. The number of pyridine rings is 1. The summed E-state index contributed by atoms with van der Waals surface area (Å²) in [5.41, 5.74) is 2.58. The number of aromatic nitrogens is 4. The van der Waals surface area contributed by atoms with Gasteiger partial charge < -0.3 is 4.42 Å². The van der Waals surface area contributed by atoms with Crippen LogP contribution in [0.15, 0.2) is 40.9 Å². The number of nitrogens with zero attached hydrogens (tertiary/aromatic N) is 4. The highest BCUT2D eigenvalue weighted by Gasteiger charge is 2.45. The molecule has 1 aliphatic heterocycles. The average Bonchev–Trinajstić information content (AvgIpc) is 3.39. The van der Waals surface area contributed by atoms with Crippen LogP contribution in [0, 0.1) is 5.95 Å². The number of hydrogen-bond donors (Lipinski definition) is 1. The largest absolute Gasteiger partial charge is 0.425 e. The molecule has 3 aromatic heterocycles. The number of rotatable bonds is 5. The molecular weight excluding hydrogens is 441 g/mol. The fraction of sp³-hybridized carbons (Fsp3) is 0.200. The van der Waals surface area contributed by atoms with Gasteiger partial charge in [0.25, 0.3) is 5.24 Å². The van der Waals surface area contributed by atoms with Gasteiger partial charge in [-0.1, -0.05) is 6.07 Å². The first kappa shape index (κ1) is 19.8. The van der Waals surface area contributed by atoms with Crippen molar-refractivity contribution in [3.8, 4) is 11.1 Å². The molecular formula is C20H14FN5O3S2. The Morgan fingerprint density at radius 3 is 2.68 bits per heavy atom. The lowest BCUT2D eigenvalue weighted by molar-refractivity contribution is -0.121. The molecule has 4 aromatic rings. The van der Waals surface area contributed by atoms with Crippen LogP contribution in [0.2, 0.25) is 0 Å². The molecule has 0 saturated carbocycles. The van der Waals surface area contributed by atoms with Gasteiger partial charge in [0.2, 0.25) is 23.6 Å². The van der Waals surface area contributed by atoms with Crippen LogP contribution in [0.1, 0.15) is 23.7 Å². The normalized spacial score (nSPS) is 18.6. The average molecular weight is 455 g/mol. The Morgan fingerprint density at radius 2 is 1.94 bits per heavy atom. The quantitative estimate of drug-likeness (QED) is 0.453. The third kappa shape index (κ3) is 3.93. The molecule has 31 heavy (non-hydrogen) atoms. The summed E-state index contributed by atoms with van der Waals surface area (Å²) >= 11 is 2.42. The zero-order valence-corrected chi connectivity index (χ0v) is 17.7. The first-order chi connectivity index (χ1) is 14.9. The molecule has 0 bridgehead atoms. The van der Waals surface area contributed by atoms with E-state index in [0.29, 0.717) is 18.2 Å². The molecule has 1 saturated heterocycles. The van der Waals surface area contributed by atoms with E-state index in [1.165, 1.54) is 23.6 Å². The fourth-order valence-electron chi connectivity index (χ4n) is 3.24. The Morgan fingerprint density at radius 1 is 1.13 bits per heavy atom. The second-order valence-electron chi connectivity index (χ2n) is 7.18. The summed E-state index contributed by atoms with van der Waals surface area (Å²) in [4.78, 5) is 31.7. The third-order valence-corrected chi connectivity index (χ3v) is 6.89. The summed E-state index contributed by atoms with van der Waals surface area (Å²) in [6, 6.07) is 8.81. The summed E-state index contributed by atoms with van der Waals surface area (Å²) in [5.74, 6) is -0.199. The lowest BCUT2D eigenvalue weighted by atomic mass is 10.1. The van der Waals surface area contributed by atoms with E-state index in [4.69, 9.17) is 4.42 Å². The molecule has 4 heterocycles. The third-order valence-electron chi connectivity index (χ3n) is 4.81. The Labute approximate surface area is 183 Å². The summed E-state index contributed by atoms with van der Waals surface area (Å²) in [6.45, 7) is 1.67. The van der Waals surface area contributed by atoms with E-state index < -0.39 is 10.7 Å². The number of hydrogen-bond acceptors (Lipinski definition) is 9. The van der Waals surface area contributed by atoms with Gasteiger partial charge in [0.1, 0.15) is 9.75 Å². The zero-order chi connectivity index (χ0) is 21.6. The van der Waals surface area contributed by atoms with Crippen LogP contribution >= 0.6 is 23.1 Å². The molecule has 1 fully saturated rings. The van der Waals surface area contributed by atoms with Gasteiger partial charge in [0.05, 0.1) is 16.6 Å². The Hall–Kier alpha value is -3.18. The fourth-order valence-corrected chi connectivity index (χ4v) is 5.13. The molecule has 1 atom stereocenters. The molecule has 1 aromatic carbocycles. The van der Waals surface area contributed by atoms with Crippen LogP contribution in [0.3, 0.4) is 0 Å². The maximum atomic E-state index is 13.1. The molecule has 1 unspecified atom stereocenters. The maximum absolute atomic E-state index is 13.1. The van der Waals surface area contributed by atoms with E-state index in [9.17, 15) is 14.0 Å². The summed E-state index contributed by atoms with van der Waals surface area (Å²) in [5, 5.41) is 10.8. The minimum Gasteiger partial charge on any atom is -0.425 e. The monoisotopic (exact) mass is 455 g/mol.